The predicted octanol–water partition coefficient (Wildman–Crippen LogP) is 1.63. The predicted molar refractivity (Wildman–Crippen MR) is 79.5 cm³/mol. The molecule has 2 rings (SSSR count). The fourth-order valence-electron chi connectivity index (χ4n) is 2.37. The van der Waals surface area contributed by atoms with E-state index >= 15 is 0 Å². The maximum atomic E-state index is 12.0. The summed E-state index contributed by atoms with van der Waals surface area (Å²) in [6.07, 6.45) is 4.87. The molecule has 0 bridgehead atoms. The highest BCUT2D eigenvalue weighted by atomic mass is 32.2. The van der Waals surface area contributed by atoms with Gasteiger partial charge in [-0.25, -0.2) is 13.1 Å². The van der Waals surface area contributed by atoms with Crippen molar-refractivity contribution in [1.82, 2.24) is 10.0 Å². The Morgan fingerprint density at radius 1 is 1.33 bits per heavy atom. The first kappa shape index (κ1) is 16.5. The molecule has 0 unspecified atom stereocenters. The second-order valence-corrected chi connectivity index (χ2v) is 6.87. The van der Waals surface area contributed by atoms with Gasteiger partial charge in [-0.15, -0.1) is 0 Å². The zero-order valence-corrected chi connectivity index (χ0v) is 13.2. The molecule has 1 aliphatic carbocycles. The second kappa shape index (κ2) is 7.93. The molecule has 0 spiro atoms. The lowest BCUT2D eigenvalue weighted by atomic mass is 10.3. The molecule has 1 aromatic heterocycles. The van der Waals surface area contributed by atoms with Crippen molar-refractivity contribution in [2.75, 3.05) is 19.7 Å². The Hall–Kier alpha value is -0.890. The number of furan rings is 1. The van der Waals surface area contributed by atoms with Crippen molar-refractivity contribution in [2.24, 2.45) is 0 Å². The third-order valence-electron chi connectivity index (χ3n) is 3.50. The zero-order valence-electron chi connectivity index (χ0n) is 12.4. The van der Waals surface area contributed by atoms with Crippen molar-refractivity contribution in [1.29, 1.82) is 0 Å². The van der Waals surface area contributed by atoms with E-state index in [2.05, 4.69) is 10.0 Å². The van der Waals surface area contributed by atoms with Gasteiger partial charge in [-0.05, 0) is 31.5 Å². The molecule has 0 aliphatic heterocycles. The van der Waals surface area contributed by atoms with Gasteiger partial charge in [-0.1, -0.05) is 19.8 Å². The highest BCUT2D eigenvalue weighted by Gasteiger charge is 2.19. The van der Waals surface area contributed by atoms with Gasteiger partial charge in [-0.3, -0.25) is 0 Å². The average Bonchev–Trinajstić information content (AvgIpc) is 3.13. The fraction of sp³-hybridized carbons (Fsp3) is 0.714. The van der Waals surface area contributed by atoms with E-state index in [4.69, 9.17) is 9.15 Å². The van der Waals surface area contributed by atoms with Crippen LogP contribution in [0.4, 0.5) is 0 Å². The first-order valence-electron chi connectivity index (χ1n) is 7.52. The summed E-state index contributed by atoms with van der Waals surface area (Å²) in [6.45, 7) is 3.97. The van der Waals surface area contributed by atoms with Gasteiger partial charge in [0.1, 0.15) is 5.76 Å². The zero-order chi connectivity index (χ0) is 15.1. The van der Waals surface area contributed by atoms with Crippen molar-refractivity contribution in [3.8, 4) is 0 Å². The van der Waals surface area contributed by atoms with Crippen LogP contribution in [0.1, 0.15) is 38.4 Å². The van der Waals surface area contributed by atoms with Crippen LogP contribution in [0.3, 0.4) is 0 Å². The molecule has 0 radical (unpaired) electrons. The lowest BCUT2D eigenvalue weighted by Crippen LogP contribution is -2.28. The number of rotatable bonds is 9. The van der Waals surface area contributed by atoms with Gasteiger partial charge in [0.15, 0.2) is 0 Å². The summed E-state index contributed by atoms with van der Waals surface area (Å²) in [4.78, 5) is 0. The maximum Gasteiger partial charge on any atom is 0.274 e. The minimum atomic E-state index is -3.58. The molecule has 0 atom stereocenters. The van der Waals surface area contributed by atoms with Crippen molar-refractivity contribution < 1.29 is 17.6 Å². The number of hydrogen-bond donors (Lipinski definition) is 2. The van der Waals surface area contributed by atoms with E-state index in [9.17, 15) is 8.42 Å². The van der Waals surface area contributed by atoms with Crippen LogP contribution in [-0.2, 0) is 21.3 Å². The van der Waals surface area contributed by atoms with Crippen LogP contribution in [0.25, 0.3) is 0 Å². The van der Waals surface area contributed by atoms with Crippen LogP contribution in [-0.4, -0.2) is 34.2 Å². The van der Waals surface area contributed by atoms with Crippen molar-refractivity contribution >= 4 is 10.0 Å². The Morgan fingerprint density at radius 2 is 2.10 bits per heavy atom. The molecule has 1 aromatic rings. The topological polar surface area (TPSA) is 80.6 Å². The number of sulfonamides is 1. The Kier molecular flexibility index (Phi) is 6.22. The second-order valence-electron chi connectivity index (χ2n) is 5.18. The van der Waals surface area contributed by atoms with Crippen LogP contribution in [0, 0.1) is 0 Å². The molecule has 21 heavy (non-hydrogen) atoms. The first-order valence-corrected chi connectivity index (χ1v) is 9.01. The van der Waals surface area contributed by atoms with Crippen LogP contribution in [0.2, 0.25) is 0 Å². The average molecular weight is 316 g/mol. The summed E-state index contributed by atoms with van der Waals surface area (Å²) in [5.74, 6) is 0.611. The molecule has 1 saturated carbocycles. The highest BCUT2D eigenvalue weighted by molar-refractivity contribution is 7.89. The molecule has 1 aliphatic rings. The standard InChI is InChI=1S/C14H24N2O4S/c1-2-15-11-13-7-8-14(20-13)21(17,18)16-9-10-19-12-5-3-4-6-12/h7-8,12,15-16H,2-6,9-11H2,1H3. The van der Waals surface area contributed by atoms with Crippen LogP contribution in [0.5, 0.6) is 0 Å². The molecule has 0 aromatic carbocycles. The Morgan fingerprint density at radius 3 is 2.81 bits per heavy atom. The quantitative estimate of drug-likeness (QED) is 0.677. The summed E-state index contributed by atoms with van der Waals surface area (Å²) in [6, 6.07) is 3.15. The van der Waals surface area contributed by atoms with Crippen molar-refractivity contribution in [3.05, 3.63) is 17.9 Å². The molecule has 0 amide bonds. The Labute approximate surface area is 126 Å². The van der Waals surface area contributed by atoms with E-state index in [1.54, 1.807) is 6.07 Å². The largest absolute Gasteiger partial charge is 0.447 e. The lowest BCUT2D eigenvalue weighted by Gasteiger charge is -2.11. The van der Waals surface area contributed by atoms with Gasteiger partial charge in [0.2, 0.25) is 5.09 Å². The number of ether oxygens (including phenoxy) is 1. The van der Waals surface area contributed by atoms with Crippen LogP contribution < -0.4 is 10.0 Å². The molecule has 6 nitrogen and oxygen atoms in total. The van der Waals surface area contributed by atoms with E-state index in [0.717, 1.165) is 19.4 Å². The van der Waals surface area contributed by atoms with E-state index in [1.807, 2.05) is 6.92 Å². The third kappa shape index (κ3) is 5.10. The Balaban J connectivity index is 1.76. The lowest BCUT2D eigenvalue weighted by molar-refractivity contribution is 0.0626. The summed E-state index contributed by atoms with van der Waals surface area (Å²) < 4.78 is 37.5. The summed E-state index contributed by atoms with van der Waals surface area (Å²) in [7, 11) is -3.58. The Bertz CT molecular complexity index is 521. The van der Waals surface area contributed by atoms with Gasteiger partial charge in [-0.2, -0.15) is 0 Å². The molecular weight excluding hydrogens is 292 g/mol. The van der Waals surface area contributed by atoms with Crippen molar-refractivity contribution in [3.63, 3.8) is 0 Å². The molecule has 1 fully saturated rings. The van der Waals surface area contributed by atoms with E-state index < -0.39 is 10.0 Å². The maximum absolute atomic E-state index is 12.0. The smallest absolute Gasteiger partial charge is 0.274 e. The van der Waals surface area contributed by atoms with E-state index in [1.165, 1.54) is 18.9 Å². The van der Waals surface area contributed by atoms with Gasteiger partial charge in [0, 0.05) is 6.54 Å². The van der Waals surface area contributed by atoms with Gasteiger partial charge >= 0.3 is 0 Å². The summed E-state index contributed by atoms with van der Waals surface area (Å²) in [5, 5.41) is 3.04. The third-order valence-corrected chi connectivity index (χ3v) is 4.83. The van der Waals surface area contributed by atoms with Gasteiger partial charge in [0.25, 0.3) is 10.0 Å². The summed E-state index contributed by atoms with van der Waals surface area (Å²) in [5.41, 5.74) is 0. The molecule has 0 saturated heterocycles. The van der Waals surface area contributed by atoms with Crippen LogP contribution >= 0.6 is 0 Å². The molecule has 7 heteroatoms. The first-order chi connectivity index (χ1) is 10.1. The highest BCUT2D eigenvalue weighted by Crippen LogP contribution is 2.20. The monoisotopic (exact) mass is 316 g/mol. The minimum absolute atomic E-state index is 0.0451. The normalized spacial score (nSPS) is 16.6. The SMILES string of the molecule is CCNCc1ccc(S(=O)(=O)NCCOC2CCCC2)o1. The number of nitrogens with one attached hydrogen (secondary N) is 2. The van der Waals surface area contributed by atoms with Crippen LogP contribution in [0.15, 0.2) is 21.6 Å². The molecular formula is C14H24N2O4S. The van der Waals surface area contributed by atoms with Crippen molar-refractivity contribution in [2.45, 2.75) is 50.3 Å². The van der Waals surface area contributed by atoms with E-state index in [-0.39, 0.29) is 11.6 Å². The van der Waals surface area contributed by atoms with Gasteiger partial charge in [0.05, 0.1) is 19.3 Å². The molecule has 1 heterocycles. The number of hydrogen-bond acceptors (Lipinski definition) is 5. The molecule has 2 N–H and O–H groups in total. The fourth-order valence-corrected chi connectivity index (χ4v) is 3.33. The van der Waals surface area contributed by atoms with E-state index in [0.29, 0.717) is 25.0 Å². The molecule has 120 valence electrons. The summed E-state index contributed by atoms with van der Waals surface area (Å²) >= 11 is 0. The minimum Gasteiger partial charge on any atom is -0.447 e. The van der Waals surface area contributed by atoms with Gasteiger partial charge < -0.3 is 14.5 Å².